The van der Waals surface area contributed by atoms with Gasteiger partial charge >= 0.3 is 0 Å². The number of amides is 6. The van der Waals surface area contributed by atoms with Crippen molar-refractivity contribution in [2.75, 3.05) is 158 Å². The molecular weight excluding hydrogens is 1370 g/mol. The molecule has 107 heavy (non-hydrogen) atoms. The molecule has 0 spiro atoms. The van der Waals surface area contributed by atoms with E-state index in [1.54, 1.807) is 4.90 Å². The van der Waals surface area contributed by atoms with Crippen molar-refractivity contribution in [1.82, 2.24) is 31.5 Å². The summed E-state index contributed by atoms with van der Waals surface area (Å²) in [4.78, 5) is 79.2. The van der Waals surface area contributed by atoms with Gasteiger partial charge in [0.05, 0.1) is 165 Å². The second-order valence-electron chi connectivity index (χ2n) is 36.1. The first-order chi connectivity index (χ1) is 49.5. The molecule has 0 aliphatic heterocycles. The monoisotopic (exact) mass is 1530 g/mol. The molecule has 5 N–H and O–H groups in total. The molecule has 0 saturated carbocycles. The summed E-state index contributed by atoms with van der Waals surface area (Å²) in [7, 11) is 0.446. The highest BCUT2D eigenvalue weighted by atomic mass is 16.6. The van der Waals surface area contributed by atoms with Crippen LogP contribution in [0.1, 0.15) is 257 Å². The van der Waals surface area contributed by atoms with E-state index in [9.17, 15) is 28.8 Å². The van der Waals surface area contributed by atoms with Gasteiger partial charge in [-0.05, 0) is 171 Å². The summed E-state index contributed by atoms with van der Waals surface area (Å²) in [5.74, 6) is -0.350. The Hall–Kier alpha value is -3.86. The minimum Gasteiger partial charge on any atom is -0.379 e. The lowest BCUT2D eigenvalue weighted by atomic mass is 9.72. The van der Waals surface area contributed by atoms with Crippen molar-refractivity contribution in [2.24, 2.45) is 21.7 Å². The minimum absolute atomic E-state index is 0.00668. The van der Waals surface area contributed by atoms with E-state index in [1.165, 1.54) is 12.8 Å². The van der Waals surface area contributed by atoms with E-state index in [2.05, 4.69) is 87.2 Å². The van der Waals surface area contributed by atoms with Crippen LogP contribution >= 0.6 is 0 Å². The predicted octanol–water partition coefficient (Wildman–Crippen LogP) is 12.3. The number of allylic oxidation sites excluding steroid dienone is 2. The van der Waals surface area contributed by atoms with E-state index in [4.69, 9.17) is 56.8 Å². The quantitative estimate of drug-likeness (QED) is 0.0215. The first-order valence-corrected chi connectivity index (χ1v) is 40.1. The Labute approximate surface area is 650 Å². The van der Waals surface area contributed by atoms with E-state index in [0.29, 0.717) is 170 Å². The SMILES string of the molecule is CCBC(=O)N(CCOCCOCCOCCOCCC(=O)NC(C)(C)COC(C)(C)CCC(=O)NCCC(C)(C)OCC)CCOCCOCCOCCOCCC(=O)NC(C)(C)COC(C)(C)CCC(=O)NCCC(C)(C)OCC(C)(C)NC(=O)C(C)(C)CC(C)(C)C/C=C\C(C)(C)CCC(C)(C)CC. The molecule has 628 valence electrons. The van der Waals surface area contributed by atoms with Crippen molar-refractivity contribution in [3.8, 4) is 0 Å². The van der Waals surface area contributed by atoms with Gasteiger partial charge in [-0.3, -0.25) is 28.8 Å². The molecule has 0 aromatic heterocycles. The lowest BCUT2D eigenvalue weighted by molar-refractivity contribution is -0.135. The highest BCUT2D eigenvalue weighted by molar-refractivity contribution is 6.73. The maximum absolute atomic E-state index is 13.8. The molecule has 24 nitrogen and oxygen atoms in total. The second-order valence-corrected chi connectivity index (χ2v) is 36.1. The largest absolute Gasteiger partial charge is 0.379 e. The third-order valence-corrected chi connectivity index (χ3v) is 18.6. The lowest BCUT2D eigenvalue weighted by Gasteiger charge is -2.38. The third-order valence-electron chi connectivity index (χ3n) is 18.6. The maximum Gasteiger partial charge on any atom is 0.233 e. The lowest BCUT2D eigenvalue weighted by Crippen LogP contribution is -2.53. The average Bonchev–Trinajstić information content (AvgIpc) is 0.825. The highest BCUT2D eigenvalue weighted by Crippen LogP contribution is 2.39. The van der Waals surface area contributed by atoms with E-state index in [0.717, 1.165) is 32.0 Å². The summed E-state index contributed by atoms with van der Waals surface area (Å²) in [5, 5.41) is 15.3. The third kappa shape index (κ3) is 57.8. The molecule has 0 unspecified atom stereocenters. The summed E-state index contributed by atoms with van der Waals surface area (Å²) in [6, 6.07) is 0. The molecule has 0 aliphatic carbocycles. The zero-order chi connectivity index (χ0) is 81.6. The molecular formula is C82H159BN6O18. The standard InChI is InChI=1S/C82H159BN6O18/c1-26-72(4,5)38-39-73(6,7)34-29-35-74(8,9)62-75(10,11)70(94)88-78(16,17)65-107-82(24,25)41-43-85-67(91)31-37-80(20,21)106-64-77(14,15)87-69(93)33-47-97-51-55-101-59-61-103-57-53-99-49-45-89(71(95)83-27-2)44-48-98-52-56-102-60-58-100-54-50-96-46-32-68(92)86-76(12,13)63-105-79(18,19)36-30-66(90)84-42-40-81(22,23)104-28-3/h29,34,83H,26-28,30-33,35-65H2,1-25H3,(H,84,90)(H,85,91)(H,86,92)(H,87,93)(H,88,94)/b34-29-. The molecule has 0 aliphatic rings. The van der Waals surface area contributed by atoms with Crippen molar-refractivity contribution in [1.29, 1.82) is 0 Å². The Bertz CT molecular complexity index is 2490. The van der Waals surface area contributed by atoms with Crippen LogP contribution in [0.2, 0.25) is 6.32 Å². The molecule has 0 aromatic carbocycles. The predicted molar refractivity (Wildman–Crippen MR) is 430 cm³/mol. The zero-order valence-corrected chi connectivity index (χ0v) is 72.5. The van der Waals surface area contributed by atoms with Gasteiger partial charge in [0, 0.05) is 63.9 Å². The van der Waals surface area contributed by atoms with Crippen molar-refractivity contribution < 1.29 is 85.6 Å². The topological polar surface area (TPSA) is 277 Å². The van der Waals surface area contributed by atoms with Gasteiger partial charge in [-0.25, -0.2) is 0 Å². The Morgan fingerprint density at radius 1 is 0.374 bits per heavy atom. The molecule has 0 rings (SSSR count). The van der Waals surface area contributed by atoms with Crippen LogP contribution in [0.25, 0.3) is 0 Å². The van der Waals surface area contributed by atoms with Crippen LogP contribution in [0, 0.1) is 21.7 Å². The summed E-state index contributed by atoms with van der Waals surface area (Å²) in [6.45, 7) is 60.5. The van der Waals surface area contributed by atoms with Gasteiger partial charge in [-0.1, -0.05) is 94.1 Å². The molecule has 0 bridgehead atoms. The number of hydrogen-bond acceptors (Lipinski definition) is 18. The second kappa shape index (κ2) is 52.5. The number of carbonyl (C=O) groups is 6. The van der Waals surface area contributed by atoms with E-state index in [1.807, 2.05) is 125 Å². The number of ether oxygens (including phenoxy) is 12. The smallest absolute Gasteiger partial charge is 0.233 e. The molecule has 0 saturated heterocycles. The summed E-state index contributed by atoms with van der Waals surface area (Å²) < 4.78 is 69.7. The van der Waals surface area contributed by atoms with Gasteiger partial charge in [0.1, 0.15) is 0 Å². The van der Waals surface area contributed by atoms with Crippen LogP contribution in [0.5, 0.6) is 0 Å². The Morgan fingerprint density at radius 3 is 1.08 bits per heavy atom. The van der Waals surface area contributed by atoms with Crippen LogP contribution < -0.4 is 26.6 Å². The summed E-state index contributed by atoms with van der Waals surface area (Å²) in [5.41, 5.74) is -4.03. The van der Waals surface area contributed by atoms with Crippen molar-refractivity contribution in [2.45, 2.75) is 302 Å². The highest BCUT2D eigenvalue weighted by Gasteiger charge is 2.38. The van der Waals surface area contributed by atoms with Crippen LogP contribution in [0.15, 0.2) is 12.2 Å². The first kappa shape index (κ1) is 103. The fourth-order valence-electron chi connectivity index (χ4n) is 11.2. The molecule has 0 heterocycles. The fraction of sp³-hybridized carbons (Fsp3) is 0.902. The summed E-state index contributed by atoms with van der Waals surface area (Å²) in [6.07, 6.45) is 13.9. The van der Waals surface area contributed by atoms with E-state index < -0.39 is 38.8 Å². The van der Waals surface area contributed by atoms with Crippen LogP contribution in [-0.4, -0.2) is 245 Å². The fourth-order valence-corrected chi connectivity index (χ4v) is 11.2. The van der Waals surface area contributed by atoms with Crippen LogP contribution in [-0.2, 0) is 80.8 Å². The number of nitrogens with zero attached hydrogens (tertiary/aromatic N) is 1. The van der Waals surface area contributed by atoms with Crippen molar-refractivity contribution >= 4 is 42.6 Å². The van der Waals surface area contributed by atoms with Gasteiger partial charge in [0.25, 0.3) is 0 Å². The average molecular weight is 1530 g/mol. The summed E-state index contributed by atoms with van der Waals surface area (Å²) >= 11 is 0. The molecule has 6 amide bonds. The van der Waals surface area contributed by atoms with Gasteiger partial charge in [-0.2, -0.15) is 0 Å². The minimum atomic E-state index is -0.654. The zero-order valence-electron chi connectivity index (χ0n) is 72.5. The van der Waals surface area contributed by atoms with Crippen LogP contribution in [0.3, 0.4) is 0 Å². The Morgan fingerprint density at radius 2 is 0.720 bits per heavy atom. The van der Waals surface area contributed by atoms with Gasteiger partial charge in [0.2, 0.25) is 36.8 Å². The number of hydrogen-bond donors (Lipinski definition) is 5. The normalized spacial score (nSPS) is 13.3. The Balaban J connectivity index is 4.23. The Kier molecular flexibility index (Phi) is 50.6. The number of rotatable bonds is 68. The van der Waals surface area contributed by atoms with Gasteiger partial charge < -0.3 is 88.3 Å². The van der Waals surface area contributed by atoms with E-state index >= 15 is 0 Å². The molecule has 0 fully saturated rings. The molecule has 0 radical (unpaired) electrons. The van der Waals surface area contributed by atoms with E-state index in [-0.39, 0.29) is 97.5 Å². The first-order valence-electron chi connectivity index (χ1n) is 40.1. The number of nitrogens with one attached hydrogen (secondary N) is 5. The molecule has 25 heteroatoms. The van der Waals surface area contributed by atoms with Gasteiger partial charge in [0.15, 0.2) is 5.81 Å². The molecule has 0 atom stereocenters. The van der Waals surface area contributed by atoms with Crippen LogP contribution in [0.4, 0.5) is 4.79 Å². The molecule has 0 aromatic rings. The maximum atomic E-state index is 13.8. The number of carbonyl (C=O) groups excluding carboxylic acids is 6. The van der Waals surface area contributed by atoms with Crippen molar-refractivity contribution in [3.63, 3.8) is 0 Å². The van der Waals surface area contributed by atoms with Gasteiger partial charge in [-0.15, -0.1) is 0 Å². The van der Waals surface area contributed by atoms with Crippen molar-refractivity contribution in [3.05, 3.63) is 12.2 Å².